The summed E-state index contributed by atoms with van der Waals surface area (Å²) in [6.07, 6.45) is 9.77. The number of primary amides is 1. The number of hydrogen-bond acceptors (Lipinski definition) is 2. The van der Waals surface area contributed by atoms with Crippen LogP contribution in [0.15, 0.2) is 0 Å². The van der Waals surface area contributed by atoms with Gasteiger partial charge in [-0.2, -0.15) is 0 Å². The number of hydrogen-bond donors (Lipinski definition) is 2. The molecule has 2 aliphatic rings. The van der Waals surface area contributed by atoms with Gasteiger partial charge in [0.2, 0.25) is 5.91 Å². The quantitative estimate of drug-likeness (QED) is 0.748. The lowest BCUT2D eigenvalue weighted by Gasteiger charge is -2.26. The molecule has 2 aliphatic carbocycles. The number of nitrogens with one attached hydrogen (secondary N) is 1. The minimum absolute atomic E-state index is 0.0936. The second kappa shape index (κ2) is 5.17. The molecule has 3 N–H and O–H groups in total. The summed E-state index contributed by atoms with van der Waals surface area (Å²) in [7, 11) is 0. The molecule has 0 atom stereocenters. The number of rotatable bonds is 5. The molecule has 0 radical (unpaired) electrons. The van der Waals surface area contributed by atoms with Crippen molar-refractivity contribution in [3.63, 3.8) is 0 Å². The number of amides is 1. The smallest absolute Gasteiger partial charge is 0.224 e. The fourth-order valence-electron chi connectivity index (χ4n) is 3.29. The zero-order valence-electron chi connectivity index (χ0n) is 10.1. The van der Waals surface area contributed by atoms with E-state index in [0.29, 0.717) is 0 Å². The van der Waals surface area contributed by atoms with Crippen molar-refractivity contribution in [2.45, 2.75) is 51.4 Å². The average molecular weight is 224 g/mol. The van der Waals surface area contributed by atoms with E-state index in [4.69, 9.17) is 5.73 Å². The van der Waals surface area contributed by atoms with Crippen LogP contribution in [0.5, 0.6) is 0 Å². The van der Waals surface area contributed by atoms with Crippen LogP contribution in [0, 0.1) is 11.3 Å². The third-order valence-corrected chi connectivity index (χ3v) is 4.45. The maximum absolute atomic E-state index is 11.5. The first-order chi connectivity index (χ1) is 7.73. The Kier molecular flexibility index (Phi) is 3.85. The van der Waals surface area contributed by atoms with Gasteiger partial charge in [-0.05, 0) is 38.1 Å². The van der Waals surface area contributed by atoms with Crippen LogP contribution in [0.3, 0.4) is 0 Å². The highest BCUT2D eigenvalue weighted by Crippen LogP contribution is 2.37. The van der Waals surface area contributed by atoms with Crippen molar-refractivity contribution in [1.29, 1.82) is 0 Å². The van der Waals surface area contributed by atoms with E-state index in [0.717, 1.165) is 44.7 Å². The molecular weight excluding hydrogens is 200 g/mol. The Balaban J connectivity index is 1.76. The molecule has 0 spiro atoms. The van der Waals surface area contributed by atoms with Crippen LogP contribution in [-0.4, -0.2) is 19.0 Å². The Morgan fingerprint density at radius 2 is 1.81 bits per heavy atom. The van der Waals surface area contributed by atoms with Crippen LogP contribution in [0.4, 0.5) is 0 Å². The summed E-state index contributed by atoms with van der Waals surface area (Å²) in [4.78, 5) is 11.5. The van der Waals surface area contributed by atoms with Crippen LogP contribution in [-0.2, 0) is 4.79 Å². The highest BCUT2D eigenvalue weighted by Gasteiger charge is 2.39. The lowest BCUT2D eigenvalue weighted by molar-refractivity contribution is -0.127. The second-order valence-electron chi connectivity index (χ2n) is 5.63. The van der Waals surface area contributed by atoms with Crippen molar-refractivity contribution in [2.75, 3.05) is 13.1 Å². The molecule has 0 aromatic rings. The lowest BCUT2D eigenvalue weighted by Crippen LogP contribution is -2.43. The molecule has 2 fully saturated rings. The molecule has 3 nitrogen and oxygen atoms in total. The van der Waals surface area contributed by atoms with E-state index in [9.17, 15) is 4.79 Å². The Hall–Kier alpha value is -0.570. The number of nitrogens with two attached hydrogens (primary N) is 1. The van der Waals surface area contributed by atoms with Gasteiger partial charge in [-0.3, -0.25) is 4.79 Å². The van der Waals surface area contributed by atoms with Crippen LogP contribution < -0.4 is 11.1 Å². The van der Waals surface area contributed by atoms with Gasteiger partial charge in [-0.25, -0.2) is 0 Å². The van der Waals surface area contributed by atoms with Gasteiger partial charge in [-0.15, -0.1) is 0 Å². The van der Waals surface area contributed by atoms with E-state index in [1.165, 1.54) is 25.7 Å². The molecule has 3 heteroatoms. The summed E-state index contributed by atoms with van der Waals surface area (Å²) >= 11 is 0. The molecular formula is C13H24N2O. The van der Waals surface area contributed by atoms with E-state index in [2.05, 4.69) is 5.32 Å². The SMILES string of the molecule is NC(=O)C1(CNCC2CCCC2)CCCC1. The third-order valence-electron chi connectivity index (χ3n) is 4.45. The van der Waals surface area contributed by atoms with E-state index in [1.807, 2.05) is 0 Å². The molecule has 0 aromatic heterocycles. The van der Waals surface area contributed by atoms with Gasteiger partial charge < -0.3 is 11.1 Å². The molecule has 2 saturated carbocycles. The van der Waals surface area contributed by atoms with Crippen molar-refractivity contribution in [3.05, 3.63) is 0 Å². The van der Waals surface area contributed by atoms with Gasteiger partial charge in [-0.1, -0.05) is 25.7 Å². The highest BCUT2D eigenvalue weighted by atomic mass is 16.1. The number of carbonyl (C=O) groups is 1. The molecule has 92 valence electrons. The standard InChI is InChI=1S/C13H24N2O/c14-12(16)13(7-3-4-8-13)10-15-9-11-5-1-2-6-11/h11,15H,1-10H2,(H2,14,16). The normalized spacial score (nSPS) is 25.0. The van der Waals surface area contributed by atoms with Crippen molar-refractivity contribution in [1.82, 2.24) is 5.32 Å². The summed E-state index contributed by atoms with van der Waals surface area (Å²) in [6.45, 7) is 1.88. The van der Waals surface area contributed by atoms with Gasteiger partial charge >= 0.3 is 0 Å². The summed E-state index contributed by atoms with van der Waals surface area (Å²) in [5.41, 5.74) is 5.32. The summed E-state index contributed by atoms with van der Waals surface area (Å²) in [6, 6.07) is 0. The molecule has 0 aromatic carbocycles. The van der Waals surface area contributed by atoms with Gasteiger partial charge in [0.05, 0.1) is 5.41 Å². The predicted molar refractivity (Wildman–Crippen MR) is 64.9 cm³/mol. The van der Waals surface area contributed by atoms with Crippen LogP contribution >= 0.6 is 0 Å². The molecule has 0 saturated heterocycles. The van der Waals surface area contributed by atoms with Crippen LogP contribution in [0.1, 0.15) is 51.4 Å². The van der Waals surface area contributed by atoms with Crippen molar-refractivity contribution >= 4 is 5.91 Å². The molecule has 0 unspecified atom stereocenters. The number of carbonyl (C=O) groups excluding carboxylic acids is 1. The Morgan fingerprint density at radius 1 is 1.19 bits per heavy atom. The largest absolute Gasteiger partial charge is 0.369 e. The average Bonchev–Trinajstić information content (AvgIpc) is 2.88. The maximum atomic E-state index is 11.5. The molecule has 0 bridgehead atoms. The Morgan fingerprint density at radius 3 is 2.38 bits per heavy atom. The minimum Gasteiger partial charge on any atom is -0.369 e. The summed E-state index contributed by atoms with van der Waals surface area (Å²) in [5, 5.41) is 3.49. The predicted octanol–water partition coefficient (Wildman–Crippen LogP) is 1.81. The zero-order chi connectivity index (χ0) is 11.4. The second-order valence-corrected chi connectivity index (χ2v) is 5.63. The van der Waals surface area contributed by atoms with Crippen molar-refractivity contribution < 1.29 is 4.79 Å². The van der Waals surface area contributed by atoms with Gasteiger partial charge in [0, 0.05) is 6.54 Å². The maximum Gasteiger partial charge on any atom is 0.224 e. The van der Waals surface area contributed by atoms with Crippen molar-refractivity contribution in [2.24, 2.45) is 17.1 Å². The first-order valence-electron chi connectivity index (χ1n) is 6.74. The molecule has 0 heterocycles. The topological polar surface area (TPSA) is 55.1 Å². The zero-order valence-corrected chi connectivity index (χ0v) is 10.1. The summed E-state index contributed by atoms with van der Waals surface area (Å²) in [5.74, 6) is 0.746. The lowest BCUT2D eigenvalue weighted by atomic mass is 9.85. The molecule has 2 rings (SSSR count). The van der Waals surface area contributed by atoms with E-state index in [-0.39, 0.29) is 11.3 Å². The first-order valence-corrected chi connectivity index (χ1v) is 6.74. The monoisotopic (exact) mass is 224 g/mol. The molecule has 0 aliphatic heterocycles. The van der Waals surface area contributed by atoms with E-state index >= 15 is 0 Å². The van der Waals surface area contributed by atoms with Gasteiger partial charge in [0.15, 0.2) is 0 Å². The highest BCUT2D eigenvalue weighted by molar-refractivity contribution is 5.81. The fraction of sp³-hybridized carbons (Fsp3) is 0.923. The van der Waals surface area contributed by atoms with Crippen LogP contribution in [0.25, 0.3) is 0 Å². The Bertz CT molecular complexity index is 240. The first kappa shape index (κ1) is 11.9. The van der Waals surface area contributed by atoms with Crippen molar-refractivity contribution in [3.8, 4) is 0 Å². The molecule has 1 amide bonds. The summed E-state index contributed by atoms with van der Waals surface area (Å²) < 4.78 is 0. The minimum atomic E-state index is -0.224. The molecule has 16 heavy (non-hydrogen) atoms. The third kappa shape index (κ3) is 2.57. The van der Waals surface area contributed by atoms with E-state index in [1.54, 1.807) is 0 Å². The van der Waals surface area contributed by atoms with Crippen LogP contribution in [0.2, 0.25) is 0 Å². The van der Waals surface area contributed by atoms with E-state index < -0.39 is 0 Å². The fourth-order valence-corrected chi connectivity index (χ4v) is 3.29. The van der Waals surface area contributed by atoms with Gasteiger partial charge in [0.1, 0.15) is 0 Å². The van der Waals surface area contributed by atoms with Gasteiger partial charge in [0.25, 0.3) is 0 Å². The Labute approximate surface area is 98.2 Å².